The van der Waals surface area contributed by atoms with Gasteiger partial charge in [-0.05, 0) is 39.3 Å². The molecule has 1 fully saturated rings. The van der Waals surface area contributed by atoms with Gasteiger partial charge in [0.15, 0.2) is 0 Å². The van der Waals surface area contributed by atoms with Crippen LogP contribution in [0.25, 0.3) is 0 Å². The van der Waals surface area contributed by atoms with Crippen LogP contribution in [-0.2, 0) is 19.1 Å². The summed E-state index contributed by atoms with van der Waals surface area (Å²) in [4.78, 5) is 24.4. The van der Waals surface area contributed by atoms with Gasteiger partial charge in [0.05, 0.1) is 17.6 Å². The van der Waals surface area contributed by atoms with Crippen molar-refractivity contribution < 1.29 is 29.3 Å². The summed E-state index contributed by atoms with van der Waals surface area (Å²) in [6, 6.07) is 0. The molecule has 0 spiro atoms. The predicted octanol–water partition coefficient (Wildman–Crippen LogP) is 1.98. The van der Waals surface area contributed by atoms with Crippen molar-refractivity contribution >= 4 is 11.9 Å². The molecule has 26 heavy (non-hydrogen) atoms. The molecule has 0 saturated carbocycles. The quantitative estimate of drug-likeness (QED) is 0.443. The average molecular weight is 362 g/mol. The Hall–Kier alpha value is -2.18. The smallest absolute Gasteiger partial charge is 0.334 e. The molecule has 0 amide bonds. The van der Waals surface area contributed by atoms with Crippen molar-refractivity contribution in [1.82, 2.24) is 0 Å². The zero-order chi connectivity index (χ0) is 19.6. The number of aliphatic hydroxyl groups is 2. The summed E-state index contributed by atoms with van der Waals surface area (Å²) >= 11 is 0. The first-order valence-corrected chi connectivity index (χ1v) is 8.57. The number of esters is 2. The highest BCUT2D eigenvalue weighted by Crippen LogP contribution is 2.37. The second kappa shape index (κ2) is 7.60. The molecular formula is C20H26O6. The highest BCUT2D eigenvalue weighted by molar-refractivity contribution is 5.92. The standard InChI is InChI=1S/C20H26O6/c1-6-11(2)18(22)26-16-10-20(5,24)8-7-14(21)12(3)9-15-17(16)13(4)19(23)25-15/h6-9,14-17,21,24H,4,10H2,1-3,5H3/b8-7-,11-6+,12-9+. The Bertz CT molecular complexity index is 697. The van der Waals surface area contributed by atoms with Gasteiger partial charge in [-0.1, -0.05) is 24.8 Å². The van der Waals surface area contributed by atoms with E-state index in [0.717, 1.165) is 0 Å². The van der Waals surface area contributed by atoms with Gasteiger partial charge in [-0.25, -0.2) is 9.59 Å². The number of hydrogen-bond acceptors (Lipinski definition) is 6. The summed E-state index contributed by atoms with van der Waals surface area (Å²) in [5.74, 6) is -1.74. The van der Waals surface area contributed by atoms with Gasteiger partial charge in [0.25, 0.3) is 0 Å². The third-order valence-electron chi connectivity index (χ3n) is 4.82. The summed E-state index contributed by atoms with van der Waals surface area (Å²) < 4.78 is 11.0. The third-order valence-corrected chi connectivity index (χ3v) is 4.82. The van der Waals surface area contributed by atoms with E-state index in [4.69, 9.17) is 9.47 Å². The van der Waals surface area contributed by atoms with Gasteiger partial charge in [0, 0.05) is 17.6 Å². The van der Waals surface area contributed by atoms with Gasteiger partial charge in [-0.3, -0.25) is 0 Å². The highest BCUT2D eigenvalue weighted by atomic mass is 16.6. The molecule has 1 heterocycles. The Labute approximate surface area is 153 Å². The van der Waals surface area contributed by atoms with E-state index in [-0.39, 0.29) is 12.0 Å². The Morgan fingerprint density at radius 1 is 1.50 bits per heavy atom. The lowest BCUT2D eigenvalue weighted by atomic mass is 9.82. The monoisotopic (exact) mass is 362 g/mol. The van der Waals surface area contributed by atoms with E-state index in [0.29, 0.717) is 11.1 Å². The molecule has 1 aliphatic carbocycles. The second-order valence-electron chi connectivity index (χ2n) is 7.11. The molecule has 5 unspecified atom stereocenters. The second-order valence-corrected chi connectivity index (χ2v) is 7.11. The SMILES string of the molecule is C=C1C(=O)OC2/C=C(\C)C(O)/C=C\C(C)(O)CC(OC(=O)/C(C)=C/C)C12. The van der Waals surface area contributed by atoms with Gasteiger partial charge in [0.2, 0.25) is 0 Å². The summed E-state index contributed by atoms with van der Waals surface area (Å²) in [7, 11) is 0. The number of carbonyl (C=O) groups is 2. The number of aliphatic hydroxyl groups excluding tert-OH is 1. The van der Waals surface area contributed by atoms with Crippen LogP contribution in [-0.4, -0.2) is 46.1 Å². The Kier molecular flexibility index (Phi) is 5.88. The van der Waals surface area contributed by atoms with Crippen molar-refractivity contribution in [3.63, 3.8) is 0 Å². The maximum Gasteiger partial charge on any atom is 0.334 e. The van der Waals surface area contributed by atoms with E-state index in [1.165, 1.54) is 12.2 Å². The zero-order valence-corrected chi connectivity index (χ0v) is 15.6. The minimum atomic E-state index is -1.36. The normalized spacial score (nSPS) is 38.7. The Morgan fingerprint density at radius 3 is 2.77 bits per heavy atom. The largest absolute Gasteiger partial charge is 0.458 e. The molecule has 2 rings (SSSR count). The molecule has 2 aliphatic rings. The van der Waals surface area contributed by atoms with Crippen LogP contribution in [0, 0.1) is 5.92 Å². The fourth-order valence-electron chi connectivity index (χ4n) is 3.05. The van der Waals surface area contributed by atoms with Crippen LogP contribution < -0.4 is 0 Å². The Balaban J connectivity index is 2.48. The lowest BCUT2D eigenvalue weighted by Gasteiger charge is -2.32. The van der Waals surface area contributed by atoms with Crippen LogP contribution in [0.15, 0.2) is 47.6 Å². The van der Waals surface area contributed by atoms with Crippen molar-refractivity contribution in [1.29, 1.82) is 0 Å². The van der Waals surface area contributed by atoms with E-state index in [2.05, 4.69) is 6.58 Å². The lowest BCUT2D eigenvalue weighted by molar-refractivity contribution is -0.150. The van der Waals surface area contributed by atoms with Gasteiger partial charge in [-0.2, -0.15) is 0 Å². The molecule has 1 aliphatic heterocycles. The van der Waals surface area contributed by atoms with Crippen LogP contribution in [0.2, 0.25) is 0 Å². The van der Waals surface area contributed by atoms with Gasteiger partial charge >= 0.3 is 11.9 Å². The molecule has 0 bridgehead atoms. The van der Waals surface area contributed by atoms with Crippen molar-refractivity contribution in [2.24, 2.45) is 5.92 Å². The number of allylic oxidation sites excluding steroid dienone is 1. The summed E-state index contributed by atoms with van der Waals surface area (Å²) in [6.07, 6.45) is 3.77. The minimum absolute atomic E-state index is 0.0304. The third kappa shape index (κ3) is 4.31. The average Bonchev–Trinajstić information content (AvgIpc) is 2.84. The van der Waals surface area contributed by atoms with Crippen molar-refractivity contribution in [2.75, 3.05) is 0 Å². The van der Waals surface area contributed by atoms with E-state index in [9.17, 15) is 19.8 Å². The van der Waals surface area contributed by atoms with E-state index >= 15 is 0 Å². The van der Waals surface area contributed by atoms with Crippen molar-refractivity contribution in [2.45, 2.75) is 58.0 Å². The first kappa shape index (κ1) is 20.1. The molecule has 0 radical (unpaired) electrons. The van der Waals surface area contributed by atoms with Gasteiger partial charge < -0.3 is 19.7 Å². The van der Waals surface area contributed by atoms with Crippen LogP contribution >= 0.6 is 0 Å². The molecule has 6 nitrogen and oxygen atoms in total. The summed E-state index contributed by atoms with van der Waals surface area (Å²) in [6.45, 7) is 10.4. The molecule has 0 aromatic carbocycles. The lowest BCUT2D eigenvalue weighted by Crippen LogP contribution is -2.40. The first-order valence-electron chi connectivity index (χ1n) is 8.57. The molecule has 2 N–H and O–H groups in total. The predicted molar refractivity (Wildman–Crippen MR) is 96.0 cm³/mol. The number of rotatable bonds is 2. The highest BCUT2D eigenvalue weighted by Gasteiger charge is 2.46. The van der Waals surface area contributed by atoms with E-state index < -0.39 is 41.8 Å². The van der Waals surface area contributed by atoms with Crippen LogP contribution in [0.3, 0.4) is 0 Å². The molecule has 6 heteroatoms. The first-order chi connectivity index (χ1) is 12.1. The van der Waals surface area contributed by atoms with Gasteiger partial charge in [-0.15, -0.1) is 0 Å². The number of hydrogen-bond donors (Lipinski definition) is 2. The summed E-state index contributed by atoms with van der Waals surface area (Å²) in [5.41, 5.74) is -0.188. The molecule has 142 valence electrons. The number of carbonyl (C=O) groups excluding carboxylic acids is 2. The molecule has 1 saturated heterocycles. The topological polar surface area (TPSA) is 93.1 Å². The van der Waals surface area contributed by atoms with Crippen LogP contribution in [0.4, 0.5) is 0 Å². The van der Waals surface area contributed by atoms with Crippen LogP contribution in [0.1, 0.15) is 34.1 Å². The molecular weight excluding hydrogens is 336 g/mol. The van der Waals surface area contributed by atoms with Crippen molar-refractivity contribution in [3.8, 4) is 0 Å². The molecule has 0 aromatic rings. The zero-order valence-electron chi connectivity index (χ0n) is 15.6. The molecule has 5 atom stereocenters. The van der Waals surface area contributed by atoms with Crippen molar-refractivity contribution in [3.05, 3.63) is 47.6 Å². The fraction of sp³-hybridized carbons (Fsp3) is 0.500. The fourth-order valence-corrected chi connectivity index (χ4v) is 3.05. The number of ether oxygens (including phenoxy) is 2. The minimum Gasteiger partial charge on any atom is -0.458 e. The number of fused-ring (bicyclic) bond motifs is 1. The Morgan fingerprint density at radius 2 is 2.15 bits per heavy atom. The summed E-state index contributed by atoms with van der Waals surface area (Å²) in [5, 5.41) is 20.9. The maximum atomic E-state index is 12.3. The molecule has 0 aromatic heterocycles. The van der Waals surface area contributed by atoms with E-state index in [1.807, 2.05) is 0 Å². The van der Waals surface area contributed by atoms with Gasteiger partial charge in [0.1, 0.15) is 12.2 Å². The van der Waals surface area contributed by atoms with Crippen LogP contribution in [0.5, 0.6) is 0 Å². The maximum absolute atomic E-state index is 12.3. The van der Waals surface area contributed by atoms with E-state index in [1.54, 1.807) is 39.8 Å².